The number of rotatable bonds is 5. The summed E-state index contributed by atoms with van der Waals surface area (Å²) < 4.78 is 6.21. The van der Waals surface area contributed by atoms with Crippen LogP contribution in [-0.2, 0) is 0 Å². The number of nitrogens with two attached hydrogens (primary N) is 1. The summed E-state index contributed by atoms with van der Waals surface area (Å²) in [6.07, 6.45) is 6.41. The summed E-state index contributed by atoms with van der Waals surface area (Å²) in [5.41, 5.74) is 4.85. The van der Waals surface area contributed by atoms with Crippen LogP contribution in [0.2, 0.25) is 0 Å². The summed E-state index contributed by atoms with van der Waals surface area (Å²) >= 11 is 2.07. The molecule has 0 amide bonds. The summed E-state index contributed by atoms with van der Waals surface area (Å²) in [5, 5.41) is 0. The van der Waals surface area contributed by atoms with Crippen molar-refractivity contribution in [3.63, 3.8) is 0 Å². The van der Waals surface area contributed by atoms with Crippen molar-refractivity contribution in [1.82, 2.24) is 9.88 Å². The molecule has 0 radical (unpaired) electrons. The molecular weight excluding hydrogens is 346 g/mol. The van der Waals surface area contributed by atoms with E-state index in [1.54, 1.807) is 0 Å². The van der Waals surface area contributed by atoms with Gasteiger partial charge < -0.3 is 15.1 Å². The van der Waals surface area contributed by atoms with Gasteiger partial charge in [-0.15, -0.1) is 0 Å². The Hall–Kier alpha value is -1.18. The molecule has 1 aromatic heterocycles. The lowest BCUT2D eigenvalue weighted by atomic mass is 9.98. The molecule has 1 saturated carbocycles. The number of aromatic nitrogens is 1. The first kappa shape index (κ1) is 18.2. The molecule has 1 aliphatic carbocycles. The van der Waals surface area contributed by atoms with Gasteiger partial charge in [0.1, 0.15) is 11.9 Å². The number of hydrogen-bond donors (Lipinski definition) is 2. The summed E-state index contributed by atoms with van der Waals surface area (Å²) in [5.74, 6) is 10.0. The number of ether oxygens (including phenoxy) is 1. The van der Waals surface area contributed by atoms with Crippen molar-refractivity contribution < 1.29 is 4.74 Å². The number of pyridine rings is 1. The molecule has 3 fully saturated rings. The van der Waals surface area contributed by atoms with Crippen molar-refractivity contribution in [2.45, 2.75) is 51.2 Å². The van der Waals surface area contributed by atoms with Gasteiger partial charge in [0.15, 0.2) is 0 Å². The van der Waals surface area contributed by atoms with Gasteiger partial charge in [-0.05, 0) is 32.6 Å². The molecule has 0 bridgehead atoms. The normalized spacial score (nSPS) is 22.9. The van der Waals surface area contributed by atoms with E-state index in [9.17, 15) is 0 Å². The number of nitrogens with one attached hydrogen (secondary N) is 1. The van der Waals surface area contributed by atoms with E-state index in [4.69, 9.17) is 15.6 Å². The van der Waals surface area contributed by atoms with Crippen LogP contribution >= 0.6 is 11.8 Å². The highest BCUT2D eigenvalue weighted by Gasteiger charge is 2.34. The first-order valence-electron chi connectivity index (χ1n) is 9.96. The van der Waals surface area contributed by atoms with Crippen LogP contribution in [-0.4, -0.2) is 59.7 Å². The van der Waals surface area contributed by atoms with E-state index in [1.165, 1.54) is 43.9 Å². The minimum absolute atomic E-state index is 0.299. The first-order chi connectivity index (χ1) is 12.7. The fourth-order valence-corrected chi connectivity index (χ4v) is 5.18. The molecular formula is C19H31N5OS. The van der Waals surface area contributed by atoms with Gasteiger partial charge in [0.2, 0.25) is 5.88 Å². The average Bonchev–Trinajstić information content (AvgIpc) is 2.64. The third-order valence-corrected chi connectivity index (χ3v) is 6.88. The van der Waals surface area contributed by atoms with Crippen LogP contribution < -0.4 is 20.9 Å². The number of nitrogen functional groups attached to an aromatic ring is 1. The number of hydrazine groups is 1. The summed E-state index contributed by atoms with van der Waals surface area (Å²) in [6, 6.07) is 2.61. The predicted molar refractivity (Wildman–Crippen MR) is 109 cm³/mol. The minimum atomic E-state index is 0.299. The van der Waals surface area contributed by atoms with Crippen LogP contribution in [0.5, 0.6) is 5.88 Å². The Morgan fingerprint density at radius 3 is 2.62 bits per heavy atom. The second kappa shape index (κ2) is 8.23. The lowest BCUT2D eigenvalue weighted by Crippen LogP contribution is -2.61. The number of thioether (sulfide) groups is 1. The van der Waals surface area contributed by atoms with Gasteiger partial charge in [-0.25, -0.2) is 0 Å². The summed E-state index contributed by atoms with van der Waals surface area (Å²) in [7, 11) is 0. The number of nitrogens with zero attached hydrogens (tertiary/aromatic N) is 3. The van der Waals surface area contributed by atoms with Crippen molar-refractivity contribution in [1.29, 1.82) is 0 Å². The van der Waals surface area contributed by atoms with Gasteiger partial charge in [0.05, 0.1) is 5.69 Å². The quantitative estimate of drug-likeness (QED) is 0.604. The lowest BCUT2D eigenvalue weighted by molar-refractivity contribution is 0.148. The van der Waals surface area contributed by atoms with Gasteiger partial charge >= 0.3 is 0 Å². The molecule has 2 saturated heterocycles. The smallest absolute Gasteiger partial charge is 0.217 e. The van der Waals surface area contributed by atoms with E-state index in [0.717, 1.165) is 43.0 Å². The molecule has 144 valence electrons. The maximum Gasteiger partial charge on any atom is 0.217 e. The maximum absolute atomic E-state index is 6.21. The molecule has 4 rings (SSSR count). The van der Waals surface area contributed by atoms with Gasteiger partial charge in [0, 0.05) is 55.4 Å². The second-order valence-corrected chi connectivity index (χ2v) is 8.91. The Balaban J connectivity index is 1.45. The fourth-order valence-electron chi connectivity index (χ4n) is 4.25. The van der Waals surface area contributed by atoms with Crippen LogP contribution in [0.1, 0.15) is 37.7 Å². The van der Waals surface area contributed by atoms with Crippen LogP contribution in [0.25, 0.3) is 0 Å². The molecule has 26 heavy (non-hydrogen) atoms. The largest absolute Gasteiger partial charge is 0.474 e. The van der Waals surface area contributed by atoms with E-state index in [2.05, 4.69) is 33.9 Å². The molecule has 0 spiro atoms. The van der Waals surface area contributed by atoms with Crippen LogP contribution in [0.15, 0.2) is 6.07 Å². The van der Waals surface area contributed by atoms with E-state index < -0.39 is 0 Å². The molecule has 0 atom stereocenters. The Labute approximate surface area is 160 Å². The highest BCUT2D eigenvalue weighted by atomic mass is 32.2. The van der Waals surface area contributed by atoms with Crippen molar-refractivity contribution >= 4 is 23.3 Å². The van der Waals surface area contributed by atoms with E-state index >= 15 is 0 Å². The Kier molecular flexibility index (Phi) is 5.76. The molecule has 3 heterocycles. The molecule has 3 N–H and O–H groups in total. The van der Waals surface area contributed by atoms with Crippen molar-refractivity contribution in [2.75, 3.05) is 48.0 Å². The molecule has 7 heteroatoms. The monoisotopic (exact) mass is 377 g/mol. The van der Waals surface area contributed by atoms with Crippen LogP contribution in [0.4, 0.5) is 11.5 Å². The van der Waals surface area contributed by atoms with Gasteiger partial charge in [0.25, 0.3) is 0 Å². The molecule has 2 aliphatic heterocycles. The maximum atomic E-state index is 6.21. The second-order valence-electron chi connectivity index (χ2n) is 7.69. The zero-order chi connectivity index (χ0) is 17.9. The topological polar surface area (TPSA) is 66.7 Å². The summed E-state index contributed by atoms with van der Waals surface area (Å²) in [6.45, 7) is 6.63. The predicted octanol–water partition coefficient (Wildman–Crippen LogP) is 2.62. The minimum Gasteiger partial charge on any atom is -0.474 e. The Morgan fingerprint density at radius 1 is 1.19 bits per heavy atom. The molecule has 0 unspecified atom stereocenters. The van der Waals surface area contributed by atoms with Gasteiger partial charge in [-0.1, -0.05) is 6.42 Å². The van der Waals surface area contributed by atoms with E-state index in [-0.39, 0.29) is 0 Å². The van der Waals surface area contributed by atoms with Crippen molar-refractivity contribution in [3.8, 4) is 5.88 Å². The van der Waals surface area contributed by atoms with E-state index in [1.807, 2.05) is 6.07 Å². The van der Waals surface area contributed by atoms with Gasteiger partial charge in [-0.3, -0.25) is 10.7 Å². The standard InChI is InChI=1S/C19H31N5OS/c1-14-17(22-20)11-18(25-16-5-3-2-4-6-16)21-19(14)24-12-15(13-24)23-7-9-26-10-8-23/h11,15-16H,2-10,12-13,20H2,1H3,(H,21,22). The van der Waals surface area contributed by atoms with E-state index in [0.29, 0.717) is 18.0 Å². The molecule has 3 aliphatic rings. The summed E-state index contributed by atoms with van der Waals surface area (Å²) in [4.78, 5) is 9.87. The number of anilines is 2. The average molecular weight is 378 g/mol. The first-order valence-corrected chi connectivity index (χ1v) is 11.1. The fraction of sp³-hybridized carbons (Fsp3) is 0.737. The van der Waals surface area contributed by atoms with Crippen molar-refractivity contribution in [3.05, 3.63) is 11.6 Å². The third-order valence-electron chi connectivity index (χ3n) is 5.94. The Bertz CT molecular complexity index is 610. The molecule has 1 aromatic rings. The van der Waals surface area contributed by atoms with Crippen molar-refractivity contribution in [2.24, 2.45) is 5.84 Å². The Morgan fingerprint density at radius 2 is 1.92 bits per heavy atom. The molecule has 6 nitrogen and oxygen atoms in total. The SMILES string of the molecule is Cc1c(NN)cc(OC2CCCCC2)nc1N1CC(N2CCSCC2)C1. The third kappa shape index (κ3) is 3.89. The van der Waals surface area contributed by atoms with Crippen LogP contribution in [0.3, 0.4) is 0 Å². The zero-order valence-electron chi connectivity index (χ0n) is 15.7. The van der Waals surface area contributed by atoms with Crippen LogP contribution in [0, 0.1) is 6.92 Å². The highest BCUT2D eigenvalue weighted by Crippen LogP contribution is 2.34. The van der Waals surface area contributed by atoms with Gasteiger partial charge in [-0.2, -0.15) is 16.7 Å². The molecule has 0 aromatic carbocycles. The highest BCUT2D eigenvalue weighted by molar-refractivity contribution is 7.99. The zero-order valence-corrected chi connectivity index (χ0v) is 16.6. The lowest BCUT2D eigenvalue weighted by Gasteiger charge is -2.47. The number of hydrogen-bond acceptors (Lipinski definition) is 7.